The predicted octanol–water partition coefficient (Wildman–Crippen LogP) is 2.02. The van der Waals surface area contributed by atoms with Gasteiger partial charge >= 0.3 is 0 Å². The normalized spacial score (nSPS) is 26.3. The third-order valence-corrected chi connectivity index (χ3v) is 5.17. The van der Waals surface area contributed by atoms with Gasteiger partial charge in [-0.3, -0.25) is 4.79 Å². The molecular formula is C18H26N2O2. The van der Waals surface area contributed by atoms with Crippen molar-refractivity contribution >= 4 is 5.91 Å². The zero-order valence-corrected chi connectivity index (χ0v) is 13.4. The minimum absolute atomic E-state index is 0.283. The summed E-state index contributed by atoms with van der Waals surface area (Å²) in [4.78, 5) is 15.0. The van der Waals surface area contributed by atoms with Crippen LogP contribution < -0.4 is 5.32 Å². The quantitative estimate of drug-likeness (QED) is 0.925. The first-order valence-corrected chi connectivity index (χ1v) is 8.29. The van der Waals surface area contributed by atoms with Gasteiger partial charge in [0.25, 0.3) is 0 Å². The van der Waals surface area contributed by atoms with Gasteiger partial charge in [-0.2, -0.15) is 0 Å². The first-order chi connectivity index (χ1) is 10.7. The smallest absolute Gasteiger partial charge is 0.232 e. The number of nitrogens with zero attached hydrogens (tertiary/aromatic N) is 1. The number of nitrogens with one attached hydrogen (secondary N) is 1. The predicted molar refractivity (Wildman–Crippen MR) is 86.8 cm³/mol. The topological polar surface area (TPSA) is 41.6 Å². The number of carbonyl (C=O) groups is 1. The third kappa shape index (κ3) is 3.03. The lowest BCUT2D eigenvalue weighted by Crippen LogP contribution is -2.50. The van der Waals surface area contributed by atoms with Gasteiger partial charge in [0.15, 0.2) is 0 Å². The Morgan fingerprint density at radius 2 is 2.05 bits per heavy atom. The van der Waals surface area contributed by atoms with Gasteiger partial charge in [-0.15, -0.1) is 0 Å². The second kappa shape index (κ2) is 6.80. The van der Waals surface area contributed by atoms with E-state index in [2.05, 4.69) is 40.5 Å². The maximum atomic E-state index is 13.0. The van der Waals surface area contributed by atoms with Crippen molar-refractivity contribution in [2.24, 2.45) is 5.41 Å². The fourth-order valence-electron chi connectivity index (χ4n) is 3.86. The number of ether oxygens (including phenoxy) is 1. The number of hydrogen-bond acceptors (Lipinski definition) is 3. The van der Waals surface area contributed by atoms with E-state index in [0.717, 1.165) is 45.4 Å². The molecule has 3 rings (SSSR count). The highest BCUT2D eigenvalue weighted by Crippen LogP contribution is 2.33. The number of amides is 1. The van der Waals surface area contributed by atoms with E-state index in [4.69, 9.17) is 4.74 Å². The molecule has 2 saturated heterocycles. The van der Waals surface area contributed by atoms with Gasteiger partial charge < -0.3 is 15.0 Å². The number of rotatable bonds is 4. The maximum Gasteiger partial charge on any atom is 0.232 e. The summed E-state index contributed by atoms with van der Waals surface area (Å²) >= 11 is 0. The first kappa shape index (κ1) is 15.5. The number of methoxy groups -OCH3 is 1. The zero-order valence-electron chi connectivity index (χ0n) is 13.4. The van der Waals surface area contributed by atoms with E-state index in [1.165, 1.54) is 5.56 Å². The fourth-order valence-corrected chi connectivity index (χ4v) is 3.86. The summed E-state index contributed by atoms with van der Waals surface area (Å²) in [7, 11) is 1.69. The molecule has 2 aliphatic heterocycles. The van der Waals surface area contributed by atoms with Crippen molar-refractivity contribution < 1.29 is 9.53 Å². The SMILES string of the molecule is COCC1(C(=O)N2CCC(c3ccccc3)CC2)CCNC1. The fraction of sp³-hybridized carbons (Fsp3) is 0.611. The van der Waals surface area contributed by atoms with Gasteiger partial charge in [-0.05, 0) is 37.3 Å². The largest absolute Gasteiger partial charge is 0.384 e. The van der Waals surface area contributed by atoms with Gasteiger partial charge in [-0.25, -0.2) is 0 Å². The molecule has 120 valence electrons. The monoisotopic (exact) mass is 302 g/mol. The highest BCUT2D eigenvalue weighted by atomic mass is 16.5. The third-order valence-electron chi connectivity index (χ3n) is 5.17. The van der Waals surface area contributed by atoms with E-state index in [0.29, 0.717) is 12.5 Å². The molecule has 2 heterocycles. The molecule has 2 fully saturated rings. The number of hydrogen-bond donors (Lipinski definition) is 1. The van der Waals surface area contributed by atoms with Crippen molar-refractivity contribution in [2.45, 2.75) is 25.2 Å². The van der Waals surface area contributed by atoms with Gasteiger partial charge in [0.1, 0.15) is 0 Å². The molecule has 1 N–H and O–H groups in total. The van der Waals surface area contributed by atoms with Crippen LogP contribution in [-0.2, 0) is 9.53 Å². The zero-order chi connectivity index (χ0) is 15.4. The molecule has 0 saturated carbocycles. The molecule has 0 radical (unpaired) electrons. The van der Waals surface area contributed by atoms with Crippen LogP contribution in [0.15, 0.2) is 30.3 Å². The Morgan fingerprint density at radius 3 is 2.64 bits per heavy atom. The molecule has 1 atom stereocenters. The minimum atomic E-state index is -0.339. The molecule has 0 bridgehead atoms. The molecule has 1 aromatic rings. The van der Waals surface area contributed by atoms with E-state index < -0.39 is 0 Å². The van der Waals surface area contributed by atoms with Crippen molar-refractivity contribution in [1.82, 2.24) is 10.2 Å². The van der Waals surface area contributed by atoms with Gasteiger partial charge in [0.2, 0.25) is 5.91 Å². The summed E-state index contributed by atoms with van der Waals surface area (Å²) < 4.78 is 5.34. The number of benzene rings is 1. The highest BCUT2D eigenvalue weighted by molar-refractivity contribution is 5.83. The summed E-state index contributed by atoms with van der Waals surface area (Å²) in [6.07, 6.45) is 3.01. The van der Waals surface area contributed by atoms with Gasteiger partial charge in [-0.1, -0.05) is 30.3 Å². The van der Waals surface area contributed by atoms with Crippen molar-refractivity contribution in [3.8, 4) is 0 Å². The van der Waals surface area contributed by atoms with Crippen LogP contribution in [0.1, 0.15) is 30.7 Å². The van der Waals surface area contributed by atoms with E-state index in [1.807, 2.05) is 0 Å². The second-order valence-electron chi connectivity index (χ2n) is 6.62. The average Bonchev–Trinajstić information content (AvgIpc) is 3.05. The summed E-state index contributed by atoms with van der Waals surface area (Å²) in [6, 6.07) is 10.7. The molecule has 1 unspecified atom stereocenters. The van der Waals surface area contributed by atoms with E-state index >= 15 is 0 Å². The Balaban J connectivity index is 1.62. The first-order valence-electron chi connectivity index (χ1n) is 8.29. The molecule has 1 aromatic carbocycles. The number of piperidine rings is 1. The van der Waals surface area contributed by atoms with Crippen LogP contribution in [-0.4, -0.2) is 50.7 Å². The molecule has 22 heavy (non-hydrogen) atoms. The lowest BCUT2D eigenvalue weighted by molar-refractivity contribution is -0.145. The minimum Gasteiger partial charge on any atom is -0.384 e. The van der Waals surface area contributed by atoms with Crippen LogP contribution in [0.25, 0.3) is 0 Å². The lowest BCUT2D eigenvalue weighted by Gasteiger charge is -2.38. The Labute approximate surface area is 132 Å². The highest BCUT2D eigenvalue weighted by Gasteiger charge is 2.44. The van der Waals surface area contributed by atoms with Gasteiger partial charge in [0.05, 0.1) is 12.0 Å². The summed E-state index contributed by atoms with van der Waals surface area (Å²) in [5.74, 6) is 0.871. The maximum absolute atomic E-state index is 13.0. The van der Waals surface area contributed by atoms with Crippen LogP contribution in [0.5, 0.6) is 0 Å². The van der Waals surface area contributed by atoms with Crippen LogP contribution in [0, 0.1) is 5.41 Å². The Bertz CT molecular complexity index is 489. The van der Waals surface area contributed by atoms with Crippen LogP contribution in [0.4, 0.5) is 0 Å². The lowest BCUT2D eigenvalue weighted by atomic mass is 9.84. The van der Waals surface area contributed by atoms with Crippen LogP contribution in [0.3, 0.4) is 0 Å². The molecule has 0 spiro atoms. The average molecular weight is 302 g/mol. The van der Waals surface area contributed by atoms with Crippen molar-refractivity contribution in [3.63, 3.8) is 0 Å². The van der Waals surface area contributed by atoms with Crippen LogP contribution >= 0.6 is 0 Å². The van der Waals surface area contributed by atoms with Crippen LogP contribution in [0.2, 0.25) is 0 Å². The summed E-state index contributed by atoms with van der Waals surface area (Å²) in [5.41, 5.74) is 1.07. The second-order valence-corrected chi connectivity index (χ2v) is 6.62. The van der Waals surface area contributed by atoms with Crippen molar-refractivity contribution in [2.75, 3.05) is 39.9 Å². The molecule has 4 nitrogen and oxygen atoms in total. The number of likely N-dealkylation sites (tertiary alicyclic amines) is 1. The Morgan fingerprint density at radius 1 is 1.32 bits per heavy atom. The standard InChI is InChI=1S/C18H26N2O2/c1-22-14-18(9-10-19-13-18)17(21)20-11-7-16(8-12-20)15-5-3-2-4-6-15/h2-6,16,19H,7-14H2,1H3. The molecule has 2 aliphatic rings. The molecular weight excluding hydrogens is 276 g/mol. The Hall–Kier alpha value is -1.39. The molecule has 1 amide bonds. The van der Waals surface area contributed by atoms with E-state index in [-0.39, 0.29) is 11.3 Å². The van der Waals surface area contributed by atoms with E-state index in [9.17, 15) is 4.79 Å². The summed E-state index contributed by atoms with van der Waals surface area (Å²) in [5, 5.41) is 3.33. The Kier molecular flexibility index (Phi) is 4.79. The number of carbonyl (C=O) groups excluding carboxylic acids is 1. The molecule has 0 aromatic heterocycles. The molecule has 0 aliphatic carbocycles. The molecule has 4 heteroatoms. The van der Waals surface area contributed by atoms with Crippen molar-refractivity contribution in [1.29, 1.82) is 0 Å². The van der Waals surface area contributed by atoms with E-state index in [1.54, 1.807) is 7.11 Å². The van der Waals surface area contributed by atoms with Gasteiger partial charge in [0, 0.05) is 26.7 Å². The van der Waals surface area contributed by atoms with Crippen molar-refractivity contribution in [3.05, 3.63) is 35.9 Å². The summed E-state index contributed by atoms with van der Waals surface area (Å²) in [6.45, 7) is 3.92.